The average Bonchev–Trinajstić information content (AvgIpc) is 3.35. The second-order valence-corrected chi connectivity index (χ2v) is 20.0. The van der Waals surface area contributed by atoms with E-state index in [1.54, 1.807) is 0 Å². The van der Waals surface area contributed by atoms with Crippen molar-refractivity contribution in [3.05, 3.63) is 48.6 Å². The Hall–Kier alpha value is -1.93. The molecule has 0 saturated carbocycles. The predicted octanol–water partition coefficient (Wildman–Crippen LogP) is 11.7. The molecule has 0 aromatic carbocycles. The van der Waals surface area contributed by atoms with E-state index in [9.17, 15) is 40.5 Å². The molecule has 9 atom stereocenters. The zero-order chi connectivity index (χ0) is 50.4. The number of aliphatic hydroxyl groups excluding tert-OH is 7. The van der Waals surface area contributed by atoms with Crippen molar-refractivity contribution in [3.63, 3.8) is 0 Å². The minimum atomic E-state index is -1.67. The molecular weight excluding hydrogens is 871 g/mol. The van der Waals surface area contributed by atoms with E-state index >= 15 is 0 Å². The molecule has 0 spiro atoms. The van der Waals surface area contributed by atoms with E-state index < -0.39 is 74.2 Å². The van der Waals surface area contributed by atoms with Crippen LogP contribution in [0.5, 0.6) is 0 Å². The summed E-state index contributed by atoms with van der Waals surface area (Å²) < 4.78 is 11.1. The summed E-state index contributed by atoms with van der Waals surface area (Å²) in [6, 6.07) is -1.19. The van der Waals surface area contributed by atoms with E-state index in [1.165, 1.54) is 148 Å². The summed E-state index contributed by atoms with van der Waals surface area (Å²) in [6.45, 7) is 3.43. The Bertz CT molecular complexity index is 1260. The van der Waals surface area contributed by atoms with Crippen molar-refractivity contribution < 1.29 is 50.0 Å². The third-order valence-electron chi connectivity index (χ3n) is 13.6. The molecule has 0 bridgehead atoms. The summed E-state index contributed by atoms with van der Waals surface area (Å²) in [5.41, 5.74) is 0. The van der Waals surface area contributed by atoms with E-state index in [2.05, 4.69) is 67.8 Å². The third-order valence-corrected chi connectivity index (χ3v) is 13.6. The first kappa shape index (κ1) is 65.1. The highest BCUT2D eigenvalue weighted by Crippen LogP contribution is 2.23. The van der Waals surface area contributed by atoms with Crippen LogP contribution in [-0.4, -0.2) is 110 Å². The quantitative estimate of drug-likeness (QED) is 0.0215. The van der Waals surface area contributed by atoms with Crippen molar-refractivity contribution in [1.82, 2.24) is 5.32 Å². The molecule has 1 saturated heterocycles. The summed E-state index contributed by atoms with van der Waals surface area (Å²) in [6.07, 6.45) is 47.4. The summed E-state index contributed by atoms with van der Waals surface area (Å²) in [4.78, 5) is 13.2. The maximum absolute atomic E-state index is 13.2. The lowest BCUT2D eigenvalue weighted by Crippen LogP contribution is -2.60. The number of carbonyl (C=O) groups excluding carboxylic acids is 1. The third kappa shape index (κ3) is 35.8. The lowest BCUT2D eigenvalue weighted by atomic mass is 9.98. The van der Waals surface area contributed by atoms with Crippen LogP contribution in [0.15, 0.2) is 48.6 Å². The number of hydrogen-bond acceptors (Lipinski definition) is 10. The van der Waals surface area contributed by atoms with E-state index in [1.807, 2.05) is 0 Å². The minimum Gasteiger partial charge on any atom is -0.394 e. The normalized spacial score (nSPS) is 20.7. The summed E-state index contributed by atoms with van der Waals surface area (Å²) in [7, 11) is 0. The second kappa shape index (κ2) is 47.1. The standard InChI is InChI=1S/C58H107NO10/c1-3-5-7-9-11-13-15-17-19-21-22-23-24-25-26-27-28-29-30-32-34-36-38-40-42-44-46-51(62)57(67)59-49(48-68-58-56(66)55(65)54(64)52(47-60)69-58)53(63)50(61)45-43-41-39-37-35-33-31-20-18-16-14-12-10-8-6-4-2/h20,22-23,25-26,31,37,39,49-56,58,60-66H,3-19,21,24,27-30,32-36,38,40-48H2,1-2H3,(H,59,67)/b23-22-,26-25-,31-20+,39-37+. The van der Waals surface area contributed by atoms with Gasteiger partial charge in [0.25, 0.3) is 0 Å². The molecule has 1 heterocycles. The minimum absolute atomic E-state index is 0.244. The smallest absolute Gasteiger partial charge is 0.249 e. The fraction of sp³-hybridized carbons (Fsp3) is 0.845. The van der Waals surface area contributed by atoms with Gasteiger partial charge in [0, 0.05) is 0 Å². The predicted molar refractivity (Wildman–Crippen MR) is 284 cm³/mol. The molecule has 8 N–H and O–H groups in total. The average molecular weight is 978 g/mol. The lowest BCUT2D eigenvalue weighted by Gasteiger charge is -2.40. The van der Waals surface area contributed by atoms with Crippen molar-refractivity contribution >= 4 is 5.91 Å². The molecule has 1 fully saturated rings. The monoisotopic (exact) mass is 978 g/mol. The number of rotatable bonds is 48. The van der Waals surface area contributed by atoms with Crippen molar-refractivity contribution in [2.45, 2.75) is 300 Å². The van der Waals surface area contributed by atoms with Gasteiger partial charge in [0.05, 0.1) is 25.4 Å². The first-order valence-electron chi connectivity index (χ1n) is 28.5. The fourth-order valence-corrected chi connectivity index (χ4v) is 8.90. The van der Waals surface area contributed by atoms with Crippen LogP contribution in [0.4, 0.5) is 0 Å². The number of ether oxygens (including phenoxy) is 2. The molecule has 1 rings (SSSR count). The molecular formula is C58H107NO10. The van der Waals surface area contributed by atoms with Gasteiger partial charge in [-0.3, -0.25) is 4.79 Å². The van der Waals surface area contributed by atoms with Gasteiger partial charge >= 0.3 is 0 Å². The Morgan fingerprint density at radius 3 is 1.38 bits per heavy atom. The SMILES string of the molecule is CCCCCCCCC/C=C/CC/C=C/CCCC(O)C(O)C(COC1OC(CO)C(O)C(O)C1O)NC(=O)C(O)CCCCCCCCCCCC/C=C\C/C=C\CCCCCCCCCCC. The molecule has 11 nitrogen and oxygen atoms in total. The second-order valence-electron chi connectivity index (χ2n) is 20.0. The van der Waals surface area contributed by atoms with Gasteiger partial charge in [-0.15, -0.1) is 0 Å². The van der Waals surface area contributed by atoms with Crippen LogP contribution in [0.25, 0.3) is 0 Å². The van der Waals surface area contributed by atoms with Crippen LogP contribution in [0, 0.1) is 0 Å². The maximum Gasteiger partial charge on any atom is 0.249 e. The number of carbonyl (C=O) groups is 1. The van der Waals surface area contributed by atoms with Gasteiger partial charge < -0.3 is 50.5 Å². The van der Waals surface area contributed by atoms with Gasteiger partial charge in [-0.2, -0.15) is 0 Å². The Morgan fingerprint density at radius 1 is 0.507 bits per heavy atom. The van der Waals surface area contributed by atoms with Gasteiger partial charge in [0.15, 0.2) is 6.29 Å². The van der Waals surface area contributed by atoms with Gasteiger partial charge in [-0.05, 0) is 83.5 Å². The lowest BCUT2D eigenvalue weighted by molar-refractivity contribution is -0.303. The Kier molecular flexibility index (Phi) is 44.4. The van der Waals surface area contributed by atoms with E-state index in [4.69, 9.17) is 9.47 Å². The zero-order valence-electron chi connectivity index (χ0n) is 44.0. The Labute approximate surface area is 421 Å². The largest absolute Gasteiger partial charge is 0.394 e. The van der Waals surface area contributed by atoms with Crippen molar-refractivity contribution in [2.75, 3.05) is 13.2 Å². The highest BCUT2D eigenvalue weighted by molar-refractivity contribution is 5.80. The highest BCUT2D eigenvalue weighted by atomic mass is 16.7. The molecule has 0 aromatic heterocycles. The van der Waals surface area contributed by atoms with Crippen LogP contribution in [0.1, 0.15) is 245 Å². The van der Waals surface area contributed by atoms with Gasteiger partial charge in [-0.25, -0.2) is 0 Å². The molecule has 11 heteroatoms. The number of hydrogen-bond donors (Lipinski definition) is 8. The van der Waals surface area contributed by atoms with Crippen LogP contribution in [-0.2, 0) is 14.3 Å². The van der Waals surface area contributed by atoms with E-state index in [0.717, 1.165) is 51.4 Å². The number of nitrogens with one attached hydrogen (secondary N) is 1. The molecule has 1 amide bonds. The molecule has 0 aromatic rings. The molecule has 0 aliphatic carbocycles. The summed E-state index contributed by atoms with van der Waals surface area (Å²) >= 11 is 0. The zero-order valence-corrected chi connectivity index (χ0v) is 44.0. The van der Waals surface area contributed by atoms with Gasteiger partial charge in [0.1, 0.15) is 36.6 Å². The number of amides is 1. The molecule has 1 aliphatic heterocycles. The van der Waals surface area contributed by atoms with Crippen molar-refractivity contribution in [1.29, 1.82) is 0 Å². The van der Waals surface area contributed by atoms with Crippen molar-refractivity contribution in [2.24, 2.45) is 0 Å². The Balaban J connectivity index is 2.33. The van der Waals surface area contributed by atoms with Crippen LogP contribution in [0.3, 0.4) is 0 Å². The van der Waals surface area contributed by atoms with Gasteiger partial charge in [-0.1, -0.05) is 210 Å². The fourth-order valence-electron chi connectivity index (χ4n) is 8.90. The van der Waals surface area contributed by atoms with Gasteiger partial charge in [0.2, 0.25) is 5.91 Å². The van der Waals surface area contributed by atoms with Crippen molar-refractivity contribution in [3.8, 4) is 0 Å². The topological polar surface area (TPSA) is 189 Å². The number of allylic oxidation sites excluding steroid dienone is 8. The number of aliphatic hydroxyl groups is 7. The molecule has 0 radical (unpaired) electrons. The first-order chi connectivity index (χ1) is 33.7. The molecule has 1 aliphatic rings. The maximum atomic E-state index is 13.2. The van der Waals surface area contributed by atoms with Crippen LogP contribution in [0.2, 0.25) is 0 Å². The van der Waals surface area contributed by atoms with Crippen LogP contribution >= 0.6 is 0 Å². The Morgan fingerprint density at radius 2 is 0.913 bits per heavy atom. The van der Waals surface area contributed by atoms with Crippen LogP contribution < -0.4 is 5.32 Å². The molecule has 9 unspecified atom stereocenters. The summed E-state index contributed by atoms with van der Waals surface area (Å²) in [5, 5.41) is 76.0. The van der Waals surface area contributed by atoms with E-state index in [-0.39, 0.29) is 12.8 Å². The summed E-state index contributed by atoms with van der Waals surface area (Å²) in [5.74, 6) is -0.713. The first-order valence-corrected chi connectivity index (χ1v) is 28.5. The molecule has 69 heavy (non-hydrogen) atoms. The number of unbranched alkanes of at least 4 members (excludes halogenated alkanes) is 28. The molecule has 404 valence electrons. The van der Waals surface area contributed by atoms with E-state index in [0.29, 0.717) is 19.3 Å². The highest BCUT2D eigenvalue weighted by Gasteiger charge is 2.44.